The van der Waals surface area contributed by atoms with Crippen molar-refractivity contribution >= 4 is 11.8 Å². The fourth-order valence-corrected chi connectivity index (χ4v) is 3.80. The van der Waals surface area contributed by atoms with Gasteiger partial charge in [-0.2, -0.15) is 0 Å². The van der Waals surface area contributed by atoms with Crippen LogP contribution in [0.5, 0.6) is 0 Å². The Bertz CT molecular complexity index is 892. The van der Waals surface area contributed by atoms with Crippen LogP contribution in [0.4, 0.5) is 4.39 Å². The summed E-state index contributed by atoms with van der Waals surface area (Å²) in [5, 5.41) is 2.80. The molecule has 1 atom stereocenters. The summed E-state index contributed by atoms with van der Waals surface area (Å²) in [7, 11) is 0. The minimum atomic E-state index is -0.415. The fraction of sp³-hybridized carbons (Fsp3) is 0.455. The van der Waals surface area contributed by atoms with E-state index in [0.717, 1.165) is 29.8 Å². The summed E-state index contributed by atoms with van der Waals surface area (Å²) in [5.74, 6) is 0.102. The third-order valence-corrected chi connectivity index (χ3v) is 5.29. The molecule has 2 amide bonds. The molecule has 1 saturated heterocycles. The maximum atomic E-state index is 13.5. The minimum absolute atomic E-state index is 0.0252. The molecule has 0 aliphatic carbocycles. The average Bonchev–Trinajstić information content (AvgIpc) is 2.70. The van der Waals surface area contributed by atoms with Crippen LogP contribution in [0.25, 0.3) is 0 Å². The number of halogens is 1. The number of amides is 2. The van der Waals surface area contributed by atoms with Crippen LogP contribution in [0.2, 0.25) is 0 Å². The van der Waals surface area contributed by atoms with Gasteiger partial charge in [0, 0.05) is 48.1 Å². The molecule has 1 unspecified atom stereocenters. The van der Waals surface area contributed by atoms with Gasteiger partial charge in [-0.1, -0.05) is 6.07 Å². The largest absolute Gasteiger partial charge is 0.356 e. The SMILES string of the molecule is CCNC(=O)Cc1c(C)nc(C2CCCN(C(=O)c3cccc(F)c3)C2)nc1C. The van der Waals surface area contributed by atoms with Gasteiger partial charge in [0.1, 0.15) is 11.6 Å². The second kappa shape index (κ2) is 9.11. The predicted molar refractivity (Wildman–Crippen MR) is 108 cm³/mol. The summed E-state index contributed by atoms with van der Waals surface area (Å²) < 4.78 is 13.5. The number of aromatic nitrogens is 2. The normalized spacial score (nSPS) is 16.6. The van der Waals surface area contributed by atoms with Crippen LogP contribution in [0.3, 0.4) is 0 Å². The summed E-state index contributed by atoms with van der Waals surface area (Å²) in [6.07, 6.45) is 2.00. The smallest absolute Gasteiger partial charge is 0.253 e. The zero-order valence-electron chi connectivity index (χ0n) is 17.2. The number of likely N-dealkylation sites (tertiary alicyclic amines) is 1. The highest BCUT2D eigenvalue weighted by Crippen LogP contribution is 2.27. The van der Waals surface area contributed by atoms with Gasteiger partial charge in [0.05, 0.1) is 6.42 Å². The molecule has 2 heterocycles. The maximum Gasteiger partial charge on any atom is 0.253 e. The monoisotopic (exact) mass is 398 g/mol. The molecule has 2 aromatic rings. The van der Waals surface area contributed by atoms with E-state index >= 15 is 0 Å². The van der Waals surface area contributed by atoms with Crippen molar-refractivity contribution in [2.45, 2.75) is 46.0 Å². The number of nitrogens with one attached hydrogen (secondary N) is 1. The highest BCUT2D eigenvalue weighted by molar-refractivity contribution is 5.94. The highest BCUT2D eigenvalue weighted by Gasteiger charge is 2.28. The second-order valence-electron chi connectivity index (χ2n) is 7.46. The second-order valence-corrected chi connectivity index (χ2v) is 7.46. The van der Waals surface area contributed by atoms with E-state index in [9.17, 15) is 14.0 Å². The number of likely N-dealkylation sites (N-methyl/N-ethyl adjacent to an activating group) is 1. The van der Waals surface area contributed by atoms with Crippen LogP contribution in [-0.2, 0) is 11.2 Å². The number of piperidine rings is 1. The maximum absolute atomic E-state index is 13.5. The molecule has 1 N–H and O–H groups in total. The summed E-state index contributed by atoms with van der Waals surface area (Å²) in [5.41, 5.74) is 2.80. The molecule has 1 aliphatic rings. The number of carbonyl (C=O) groups is 2. The quantitative estimate of drug-likeness (QED) is 0.840. The number of nitrogens with zero attached hydrogens (tertiary/aromatic N) is 3. The first-order valence-corrected chi connectivity index (χ1v) is 10.0. The Kier molecular flexibility index (Phi) is 6.56. The van der Waals surface area contributed by atoms with Gasteiger partial charge in [-0.05, 0) is 51.8 Å². The first-order chi connectivity index (χ1) is 13.9. The molecule has 0 saturated carbocycles. The van der Waals surface area contributed by atoms with Crippen LogP contribution in [0, 0.1) is 19.7 Å². The number of aryl methyl sites for hydroxylation is 2. The predicted octanol–water partition coefficient (Wildman–Crippen LogP) is 2.93. The van der Waals surface area contributed by atoms with Crippen LogP contribution >= 0.6 is 0 Å². The highest BCUT2D eigenvalue weighted by atomic mass is 19.1. The van der Waals surface area contributed by atoms with Gasteiger partial charge in [0.15, 0.2) is 0 Å². The molecule has 3 rings (SSSR count). The van der Waals surface area contributed by atoms with E-state index < -0.39 is 5.82 Å². The number of carbonyl (C=O) groups excluding carboxylic acids is 2. The van der Waals surface area contributed by atoms with E-state index in [0.29, 0.717) is 31.0 Å². The van der Waals surface area contributed by atoms with Crippen molar-refractivity contribution in [1.82, 2.24) is 20.2 Å². The van der Waals surface area contributed by atoms with Crippen LogP contribution < -0.4 is 5.32 Å². The standard InChI is InChI=1S/C22H27FN4O2/c1-4-24-20(28)12-19-14(2)25-21(26-15(19)3)17-8-6-10-27(13-17)22(29)16-7-5-9-18(23)11-16/h5,7,9,11,17H,4,6,8,10,12-13H2,1-3H3,(H,24,28). The molecule has 1 fully saturated rings. The Balaban J connectivity index is 1.76. The van der Waals surface area contributed by atoms with E-state index in [1.165, 1.54) is 12.1 Å². The van der Waals surface area contributed by atoms with E-state index in [1.54, 1.807) is 17.0 Å². The number of rotatable bonds is 5. The molecule has 1 aliphatic heterocycles. The van der Waals surface area contributed by atoms with Gasteiger partial charge in [-0.15, -0.1) is 0 Å². The number of benzene rings is 1. The molecule has 154 valence electrons. The molecular formula is C22H27FN4O2. The van der Waals surface area contributed by atoms with Crippen LogP contribution in [-0.4, -0.2) is 46.3 Å². The van der Waals surface area contributed by atoms with Crippen LogP contribution in [0.1, 0.15) is 58.8 Å². The number of hydrogen-bond acceptors (Lipinski definition) is 4. The molecule has 1 aromatic heterocycles. The van der Waals surface area contributed by atoms with Gasteiger partial charge in [-0.3, -0.25) is 9.59 Å². The van der Waals surface area contributed by atoms with Crippen molar-refractivity contribution in [3.05, 3.63) is 58.4 Å². The van der Waals surface area contributed by atoms with E-state index in [-0.39, 0.29) is 24.2 Å². The van der Waals surface area contributed by atoms with Crippen molar-refractivity contribution in [1.29, 1.82) is 0 Å². The van der Waals surface area contributed by atoms with E-state index in [4.69, 9.17) is 0 Å². The fourth-order valence-electron chi connectivity index (χ4n) is 3.80. The lowest BCUT2D eigenvalue weighted by Gasteiger charge is -2.32. The van der Waals surface area contributed by atoms with Crippen LogP contribution in [0.15, 0.2) is 24.3 Å². The van der Waals surface area contributed by atoms with Crippen molar-refractivity contribution in [3.8, 4) is 0 Å². The summed E-state index contributed by atoms with van der Waals surface area (Å²) >= 11 is 0. The lowest BCUT2D eigenvalue weighted by atomic mass is 9.95. The minimum Gasteiger partial charge on any atom is -0.356 e. The Morgan fingerprint density at radius 2 is 1.97 bits per heavy atom. The van der Waals surface area contributed by atoms with Crippen molar-refractivity contribution in [2.75, 3.05) is 19.6 Å². The first-order valence-electron chi connectivity index (χ1n) is 10.0. The van der Waals surface area contributed by atoms with Gasteiger partial charge >= 0.3 is 0 Å². The van der Waals surface area contributed by atoms with Gasteiger partial charge in [-0.25, -0.2) is 14.4 Å². The Hall–Kier alpha value is -2.83. The molecule has 0 radical (unpaired) electrons. The average molecular weight is 398 g/mol. The zero-order valence-corrected chi connectivity index (χ0v) is 17.2. The summed E-state index contributed by atoms with van der Waals surface area (Å²) in [6, 6.07) is 5.79. The topological polar surface area (TPSA) is 75.2 Å². The molecule has 0 spiro atoms. The summed E-state index contributed by atoms with van der Waals surface area (Å²) in [4.78, 5) is 35.8. The first kappa shape index (κ1) is 20.9. The Morgan fingerprint density at radius 1 is 1.24 bits per heavy atom. The third kappa shape index (κ3) is 4.96. The molecule has 6 nitrogen and oxygen atoms in total. The van der Waals surface area contributed by atoms with Crippen molar-refractivity contribution < 1.29 is 14.0 Å². The van der Waals surface area contributed by atoms with Crippen molar-refractivity contribution in [2.24, 2.45) is 0 Å². The van der Waals surface area contributed by atoms with E-state index in [1.807, 2.05) is 20.8 Å². The number of hydrogen-bond donors (Lipinski definition) is 1. The van der Waals surface area contributed by atoms with Gasteiger partial charge < -0.3 is 10.2 Å². The third-order valence-electron chi connectivity index (χ3n) is 5.29. The summed E-state index contributed by atoms with van der Waals surface area (Å²) in [6.45, 7) is 7.41. The zero-order chi connectivity index (χ0) is 21.0. The van der Waals surface area contributed by atoms with Gasteiger partial charge in [0.2, 0.25) is 5.91 Å². The van der Waals surface area contributed by atoms with E-state index in [2.05, 4.69) is 15.3 Å². The molecule has 7 heteroatoms. The van der Waals surface area contributed by atoms with Gasteiger partial charge in [0.25, 0.3) is 5.91 Å². The lowest BCUT2D eigenvalue weighted by molar-refractivity contribution is -0.120. The lowest BCUT2D eigenvalue weighted by Crippen LogP contribution is -2.39. The molecule has 0 bridgehead atoms. The molecule has 1 aromatic carbocycles. The molecular weight excluding hydrogens is 371 g/mol. The Morgan fingerprint density at radius 3 is 2.62 bits per heavy atom. The molecule has 29 heavy (non-hydrogen) atoms. The van der Waals surface area contributed by atoms with Crippen molar-refractivity contribution in [3.63, 3.8) is 0 Å². The Labute approximate surface area is 170 Å².